The van der Waals surface area contributed by atoms with Crippen molar-refractivity contribution in [3.05, 3.63) is 22.9 Å². The fraction of sp³-hybridized carbons (Fsp3) is 0.500. The average Bonchev–Trinajstić information content (AvgIpc) is 2.82. The van der Waals surface area contributed by atoms with E-state index in [-0.39, 0.29) is 17.6 Å². The summed E-state index contributed by atoms with van der Waals surface area (Å²) in [5.74, 6) is 0.396. The van der Waals surface area contributed by atoms with E-state index in [0.29, 0.717) is 18.0 Å². The molecular formula is C12H17N7O2. The number of aromatic nitrogens is 4. The van der Waals surface area contributed by atoms with Crippen LogP contribution in [0.5, 0.6) is 0 Å². The number of carbonyl (C=O) groups is 1. The van der Waals surface area contributed by atoms with Gasteiger partial charge >= 0.3 is 5.69 Å². The highest BCUT2D eigenvalue weighted by Crippen LogP contribution is 2.15. The number of nitrogens with zero attached hydrogens (tertiary/aromatic N) is 4. The Morgan fingerprint density at radius 3 is 2.95 bits per heavy atom. The Hall–Kier alpha value is -2.42. The summed E-state index contributed by atoms with van der Waals surface area (Å²) in [5, 5.41) is 9.61. The minimum absolute atomic E-state index is 0.287. The van der Waals surface area contributed by atoms with Gasteiger partial charge in [-0.05, 0) is 12.8 Å². The fourth-order valence-corrected chi connectivity index (χ4v) is 2.55. The first-order valence-corrected chi connectivity index (χ1v) is 6.82. The number of anilines is 1. The lowest BCUT2D eigenvalue weighted by Gasteiger charge is -2.31. The topological polar surface area (TPSA) is 121 Å². The molecular weight excluding hydrogens is 274 g/mol. The molecule has 1 aliphatic heterocycles. The number of nitrogens with one attached hydrogen (secondary N) is 2. The van der Waals surface area contributed by atoms with Gasteiger partial charge in [0.15, 0.2) is 5.65 Å². The first-order chi connectivity index (χ1) is 10.1. The number of amides is 1. The lowest BCUT2D eigenvalue weighted by atomic mass is 10.1. The monoisotopic (exact) mass is 291 g/mol. The zero-order valence-electron chi connectivity index (χ0n) is 11.5. The summed E-state index contributed by atoms with van der Waals surface area (Å²) in [6.45, 7) is 1.96. The molecule has 2 aromatic rings. The van der Waals surface area contributed by atoms with E-state index in [1.54, 1.807) is 6.07 Å². The number of nitrogens with two attached hydrogens (primary N) is 1. The van der Waals surface area contributed by atoms with Gasteiger partial charge in [0.05, 0.1) is 6.54 Å². The van der Waals surface area contributed by atoms with Crippen molar-refractivity contribution in [2.45, 2.75) is 18.9 Å². The SMILES string of the molecule is NC(=O)CN1CCC(Nc2cc3n[nH]c(=O)n3cn2)CC1. The van der Waals surface area contributed by atoms with Gasteiger partial charge in [-0.15, -0.1) is 0 Å². The van der Waals surface area contributed by atoms with Crippen LogP contribution in [-0.4, -0.2) is 56.1 Å². The van der Waals surface area contributed by atoms with E-state index >= 15 is 0 Å². The van der Waals surface area contributed by atoms with Crippen molar-refractivity contribution < 1.29 is 4.79 Å². The first-order valence-electron chi connectivity index (χ1n) is 6.82. The number of aromatic amines is 1. The van der Waals surface area contributed by atoms with E-state index in [1.165, 1.54) is 10.7 Å². The Kier molecular flexibility index (Phi) is 3.57. The van der Waals surface area contributed by atoms with Gasteiger partial charge in [0.25, 0.3) is 0 Å². The number of fused-ring (bicyclic) bond motifs is 1. The van der Waals surface area contributed by atoms with Crippen LogP contribution in [0.2, 0.25) is 0 Å². The van der Waals surface area contributed by atoms with Crippen LogP contribution in [0.15, 0.2) is 17.2 Å². The number of hydrogen-bond donors (Lipinski definition) is 3. The van der Waals surface area contributed by atoms with E-state index in [1.807, 2.05) is 4.90 Å². The Morgan fingerprint density at radius 1 is 1.48 bits per heavy atom. The number of rotatable bonds is 4. The van der Waals surface area contributed by atoms with Crippen LogP contribution in [0.25, 0.3) is 5.65 Å². The van der Waals surface area contributed by atoms with Gasteiger partial charge in [-0.25, -0.2) is 19.3 Å². The van der Waals surface area contributed by atoms with Crippen molar-refractivity contribution in [1.29, 1.82) is 0 Å². The van der Waals surface area contributed by atoms with Crippen molar-refractivity contribution in [3.63, 3.8) is 0 Å². The smallest absolute Gasteiger partial charge is 0.348 e. The standard InChI is InChI=1S/C12H17N7O2/c13-9(20)6-18-3-1-8(2-4-18)15-10-5-11-16-17-12(21)19(11)7-14-10/h5,7-8,15H,1-4,6H2,(H2,13,20)(H,17,21). The normalized spacial score (nSPS) is 17.1. The van der Waals surface area contributed by atoms with Gasteiger partial charge < -0.3 is 11.1 Å². The molecule has 112 valence electrons. The quantitative estimate of drug-likeness (QED) is 0.649. The van der Waals surface area contributed by atoms with Crippen molar-refractivity contribution in [1.82, 2.24) is 24.5 Å². The van der Waals surface area contributed by atoms with Crippen LogP contribution in [0.4, 0.5) is 5.82 Å². The van der Waals surface area contributed by atoms with Crippen molar-refractivity contribution in [3.8, 4) is 0 Å². The molecule has 9 heteroatoms. The molecule has 1 amide bonds. The van der Waals surface area contributed by atoms with Crippen LogP contribution in [-0.2, 0) is 4.79 Å². The minimum atomic E-state index is -0.302. The first kappa shape index (κ1) is 13.6. The number of primary amides is 1. The lowest BCUT2D eigenvalue weighted by molar-refractivity contribution is -0.119. The highest BCUT2D eigenvalue weighted by Gasteiger charge is 2.20. The Labute approximate surface area is 120 Å². The molecule has 1 saturated heterocycles. The molecule has 0 radical (unpaired) electrons. The van der Waals surface area contributed by atoms with Crippen molar-refractivity contribution >= 4 is 17.4 Å². The van der Waals surface area contributed by atoms with Crippen molar-refractivity contribution in [2.75, 3.05) is 25.0 Å². The molecule has 1 aliphatic rings. The molecule has 21 heavy (non-hydrogen) atoms. The van der Waals surface area contributed by atoms with Crippen molar-refractivity contribution in [2.24, 2.45) is 5.73 Å². The minimum Gasteiger partial charge on any atom is -0.369 e. The van der Waals surface area contributed by atoms with E-state index in [2.05, 4.69) is 20.5 Å². The maximum absolute atomic E-state index is 11.3. The third-order valence-electron chi connectivity index (χ3n) is 3.63. The predicted molar refractivity (Wildman–Crippen MR) is 75.9 cm³/mol. The summed E-state index contributed by atoms with van der Waals surface area (Å²) >= 11 is 0. The average molecular weight is 291 g/mol. The van der Waals surface area contributed by atoms with E-state index < -0.39 is 0 Å². The molecule has 3 rings (SSSR count). The number of carbonyl (C=O) groups excluding carboxylic acids is 1. The zero-order valence-corrected chi connectivity index (χ0v) is 11.5. The Morgan fingerprint density at radius 2 is 2.24 bits per heavy atom. The van der Waals surface area contributed by atoms with Gasteiger partial charge in [0.2, 0.25) is 5.91 Å². The highest BCUT2D eigenvalue weighted by atomic mass is 16.2. The summed E-state index contributed by atoms with van der Waals surface area (Å²) in [4.78, 5) is 28.5. The van der Waals surface area contributed by atoms with Crippen LogP contribution < -0.4 is 16.7 Å². The third kappa shape index (κ3) is 3.02. The molecule has 0 saturated carbocycles. The molecule has 3 heterocycles. The second-order valence-electron chi connectivity index (χ2n) is 5.19. The van der Waals surface area contributed by atoms with Gasteiger partial charge in [-0.2, -0.15) is 5.10 Å². The maximum atomic E-state index is 11.3. The van der Waals surface area contributed by atoms with Gasteiger partial charge in [-0.3, -0.25) is 9.69 Å². The molecule has 0 bridgehead atoms. The predicted octanol–water partition coefficient (Wildman–Crippen LogP) is -1.22. The molecule has 1 fully saturated rings. The van der Waals surface area contributed by atoms with E-state index in [4.69, 9.17) is 5.73 Å². The second kappa shape index (κ2) is 5.52. The molecule has 9 nitrogen and oxygen atoms in total. The van der Waals surface area contributed by atoms with Crippen LogP contribution in [0, 0.1) is 0 Å². The molecule has 4 N–H and O–H groups in total. The molecule has 0 atom stereocenters. The number of piperidine rings is 1. The zero-order chi connectivity index (χ0) is 14.8. The summed E-state index contributed by atoms with van der Waals surface area (Å²) in [5.41, 5.74) is 5.42. The second-order valence-corrected chi connectivity index (χ2v) is 5.19. The molecule has 0 aliphatic carbocycles. The number of H-pyrrole nitrogens is 1. The summed E-state index contributed by atoms with van der Waals surface area (Å²) < 4.78 is 1.35. The molecule has 0 spiro atoms. The Balaban J connectivity index is 1.61. The van der Waals surface area contributed by atoms with Gasteiger partial charge in [-0.1, -0.05) is 0 Å². The maximum Gasteiger partial charge on any atom is 0.348 e. The van der Waals surface area contributed by atoms with Crippen LogP contribution >= 0.6 is 0 Å². The molecule has 0 unspecified atom stereocenters. The summed E-state index contributed by atoms with van der Waals surface area (Å²) in [6.07, 6.45) is 3.27. The van der Waals surface area contributed by atoms with Gasteiger partial charge in [0.1, 0.15) is 12.1 Å². The number of hydrogen-bond acceptors (Lipinski definition) is 6. The van der Waals surface area contributed by atoms with E-state index in [9.17, 15) is 9.59 Å². The van der Waals surface area contributed by atoms with Gasteiger partial charge in [0, 0.05) is 25.2 Å². The summed E-state index contributed by atoms with van der Waals surface area (Å²) in [6, 6.07) is 2.02. The summed E-state index contributed by atoms with van der Waals surface area (Å²) in [7, 11) is 0. The fourth-order valence-electron chi connectivity index (χ4n) is 2.55. The van der Waals surface area contributed by atoms with E-state index in [0.717, 1.165) is 25.9 Å². The highest BCUT2D eigenvalue weighted by molar-refractivity contribution is 5.75. The number of likely N-dealkylation sites (tertiary alicyclic amines) is 1. The van der Waals surface area contributed by atoms with Crippen LogP contribution in [0.3, 0.4) is 0 Å². The lowest BCUT2D eigenvalue weighted by Crippen LogP contribution is -2.43. The molecule has 2 aromatic heterocycles. The molecule has 0 aromatic carbocycles. The van der Waals surface area contributed by atoms with Crippen LogP contribution in [0.1, 0.15) is 12.8 Å². The third-order valence-corrected chi connectivity index (χ3v) is 3.63. The Bertz CT molecular complexity index is 699. The largest absolute Gasteiger partial charge is 0.369 e.